The van der Waals surface area contributed by atoms with Crippen molar-refractivity contribution < 1.29 is 14.7 Å². The summed E-state index contributed by atoms with van der Waals surface area (Å²) >= 11 is 1.42. The number of amides is 2. The predicted molar refractivity (Wildman–Crippen MR) is 81.7 cm³/mol. The second-order valence-corrected chi connectivity index (χ2v) is 6.65. The number of carbonyl (C=O) groups is 2. The Kier molecular flexibility index (Phi) is 5.17. The molecule has 7 heteroatoms. The first-order valence-corrected chi connectivity index (χ1v) is 8.03. The Bertz CT molecular complexity index is 510. The van der Waals surface area contributed by atoms with Crippen molar-refractivity contribution in [3.63, 3.8) is 0 Å². The molecular weight excluding hydrogens is 290 g/mol. The number of carboxylic acids is 1. The van der Waals surface area contributed by atoms with Gasteiger partial charge in [0.25, 0.3) is 0 Å². The molecule has 1 heterocycles. The van der Waals surface area contributed by atoms with E-state index in [-0.39, 0.29) is 12.1 Å². The van der Waals surface area contributed by atoms with Gasteiger partial charge in [-0.15, -0.1) is 11.3 Å². The summed E-state index contributed by atoms with van der Waals surface area (Å²) in [6, 6.07) is -0.686. The molecule has 116 valence electrons. The van der Waals surface area contributed by atoms with Crippen LogP contribution in [0.2, 0.25) is 0 Å². The Morgan fingerprint density at radius 2 is 1.95 bits per heavy atom. The average Bonchev–Trinajstić information content (AvgIpc) is 2.62. The summed E-state index contributed by atoms with van der Waals surface area (Å²) < 4.78 is 0. The van der Waals surface area contributed by atoms with Gasteiger partial charge in [-0.1, -0.05) is 19.3 Å². The van der Waals surface area contributed by atoms with Crippen LogP contribution in [0.3, 0.4) is 0 Å². The quantitative estimate of drug-likeness (QED) is 0.748. The number of carboxylic acid groups (broad SMARTS) is 1. The molecule has 1 aromatic heterocycles. The molecule has 1 fully saturated rings. The van der Waals surface area contributed by atoms with Gasteiger partial charge in [0.2, 0.25) is 0 Å². The van der Waals surface area contributed by atoms with E-state index in [4.69, 9.17) is 0 Å². The number of rotatable bonds is 3. The van der Waals surface area contributed by atoms with Gasteiger partial charge < -0.3 is 10.4 Å². The lowest BCUT2D eigenvalue weighted by Gasteiger charge is -2.22. The van der Waals surface area contributed by atoms with Gasteiger partial charge in [-0.05, 0) is 26.7 Å². The molecule has 21 heavy (non-hydrogen) atoms. The van der Waals surface area contributed by atoms with Gasteiger partial charge in [0, 0.05) is 10.9 Å². The second-order valence-electron chi connectivity index (χ2n) is 5.45. The molecule has 2 amide bonds. The highest BCUT2D eigenvalue weighted by Crippen LogP contribution is 2.24. The number of aryl methyl sites for hydroxylation is 2. The number of nitrogens with one attached hydrogen (secondary N) is 2. The number of carbonyl (C=O) groups excluding carboxylic acids is 1. The molecule has 1 saturated carbocycles. The van der Waals surface area contributed by atoms with E-state index in [0.717, 1.165) is 29.8 Å². The molecule has 3 N–H and O–H groups in total. The molecular formula is C14H21N3O3S. The van der Waals surface area contributed by atoms with E-state index in [0.29, 0.717) is 18.0 Å². The van der Waals surface area contributed by atoms with Crippen molar-refractivity contribution in [3.05, 3.63) is 10.6 Å². The van der Waals surface area contributed by atoms with Crippen molar-refractivity contribution in [2.24, 2.45) is 5.92 Å². The van der Waals surface area contributed by atoms with E-state index in [2.05, 4.69) is 15.6 Å². The van der Waals surface area contributed by atoms with Gasteiger partial charge in [-0.25, -0.2) is 9.78 Å². The van der Waals surface area contributed by atoms with Crippen molar-refractivity contribution in [2.45, 2.75) is 52.0 Å². The van der Waals surface area contributed by atoms with E-state index in [1.165, 1.54) is 11.3 Å². The fourth-order valence-corrected chi connectivity index (χ4v) is 3.41. The van der Waals surface area contributed by atoms with Crippen LogP contribution in [0.1, 0.15) is 42.7 Å². The SMILES string of the molecule is Cc1nc(NC(=O)NC2CCCCCC2C(=O)O)sc1C. The third-order valence-corrected chi connectivity index (χ3v) is 4.89. The minimum absolute atomic E-state index is 0.313. The fraction of sp³-hybridized carbons (Fsp3) is 0.643. The average molecular weight is 311 g/mol. The Labute approximate surface area is 128 Å². The normalized spacial score (nSPS) is 22.4. The zero-order valence-corrected chi connectivity index (χ0v) is 13.1. The van der Waals surface area contributed by atoms with Crippen molar-refractivity contribution in [1.82, 2.24) is 10.3 Å². The highest BCUT2D eigenvalue weighted by Gasteiger charge is 2.30. The monoisotopic (exact) mass is 311 g/mol. The molecule has 1 aliphatic rings. The molecule has 2 rings (SSSR count). The number of anilines is 1. The summed E-state index contributed by atoms with van der Waals surface area (Å²) in [7, 11) is 0. The third-order valence-electron chi connectivity index (χ3n) is 3.90. The molecule has 0 aliphatic heterocycles. The van der Waals surface area contributed by atoms with Crippen molar-refractivity contribution in [1.29, 1.82) is 0 Å². The number of nitrogens with zero attached hydrogens (tertiary/aromatic N) is 1. The van der Waals surface area contributed by atoms with E-state index in [1.54, 1.807) is 0 Å². The van der Waals surface area contributed by atoms with Crippen LogP contribution in [0, 0.1) is 19.8 Å². The van der Waals surface area contributed by atoms with Crippen LogP contribution in [-0.4, -0.2) is 28.1 Å². The van der Waals surface area contributed by atoms with Crippen LogP contribution >= 0.6 is 11.3 Å². The van der Waals surface area contributed by atoms with Crippen molar-refractivity contribution >= 4 is 28.5 Å². The van der Waals surface area contributed by atoms with Crippen LogP contribution in [0.15, 0.2) is 0 Å². The van der Waals surface area contributed by atoms with Gasteiger partial charge >= 0.3 is 12.0 Å². The summed E-state index contributed by atoms with van der Waals surface area (Å²) in [5, 5.41) is 15.3. The van der Waals surface area contributed by atoms with E-state index in [1.807, 2.05) is 13.8 Å². The van der Waals surface area contributed by atoms with Crippen LogP contribution in [-0.2, 0) is 4.79 Å². The number of thiazole rings is 1. The first-order valence-electron chi connectivity index (χ1n) is 7.21. The molecule has 1 aliphatic carbocycles. The maximum Gasteiger partial charge on any atom is 0.321 e. The molecule has 2 atom stereocenters. The molecule has 0 spiro atoms. The van der Waals surface area contributed by atoms with E-state index < -0.39 is 11.9 Å². The van der Waals surface area contributed by atoms with Crippen LogP contribution in [0.4, 0.5) is 9.93 Å². The Morgan fingerprint density at radius 1 is 1.24 bits per heavy atom. The summed E-state index contributed by atoms with van der Waals surface area (Å²) in [6.45, 7) is 3.84. The van der Waals surface area contributed by atoms with Gasteiger partial charge in [0.1, 0.15) is 0 Å². The minimum atomic E-state index is -0.830. The summed E-state index contributed by atoms with van der Waals surface area (Å²) in [6.07, 6.45) is 4.20. The molecule has 0 bridgehead atoms. The smallest absolute Gasteiger partial charge is 0.321 e. The lowest BCUT2D eigenvalue weighted by Crippen LogP contribution is -2.44. The highest BCUT2D eigenvalue weighted by molar-refractivity contribution is 7.15. The minimum Gasteiger partial charge on any atom is -0.481 e. The Morgan fingerprint density at radius 3 is 2.57 bits per heavy atom. The molecule has 0 radical (unpaired) electrons. The number of aliphatic carboxylic acids is 1. The lowest BCUT2D eigenvalue weighted by molar-refractivity contribution is -0.142. The van der Waals surface area contributed by atoms with E-state index in [9.17, 15) is 14.7 Å². The zero-order valence-electron chi connectivity index (χ0n) is 12.3. The largest absolute Gasteiger partial charge is 0.481 e. The summed E-state index contributed by atoms with van der Waals surface area (Å²) in [5.41, 5.74) is 0.896. The summed E-state index contributed by atoms with van der Waals surface area (Å²) in [4.78, 5) is 28.7. The zero-order chi connectivity index (χ0) is 15.4. The van der Waals surface area contributed by atoms with Crippen molar-refractivity contribution in [2.75, 3.05) is 5.32 Å². The Hall–Kier alpha value is -1.63. The van der Waals surface area contributed by atoms with E-state index >= 15 is 0 Å². The molecule has 2 unspecified atom stereocenters. The molecule has 0 saturated heterocycles. The lowest BCUT2D eigenvalue weighted by atomic mass is 9.95. The molecule has 0 aromatic carbocycles. The van der Waals surface area contributed by atoms with Crippen molar-refractivity contribution in [3.8, 4) is 0 Å². The summed E-state index contributed by atoms with van der Waals surface area (Å²) in [5.74, 6) is -1.33. The molecule has 6 nitrogen and oxygen atoms in total. The maximum absolute atomic E-state index is 12.0. The van der Waals surface area contributed by atoms with Crippen LogP contribution < -0.4 is 10.6 Å². The number of hydrogen-bond donors (Lipinski definition) is 3. The number of aromatic nitrogens is 1. The van der Waals surface area contributed by atoms with Gasteiger partial charge in [-0.3, -0.25) is 10.1 Å². The third kappa shape index (κ3) is 4.17. The molecule has 1 aromatic rings. The fourth-order valence-electron chi connectivity index (χ4n) is 2.60. The first kappa shape index (κ1) is 15.8. The number of hydrogen-bond acceptors (Lipinski definition) is 4. The predicted octanol–water partition coefficient (Wildman–Crippen LogP) is 2.91. The second kappa shape index (κ2) is 6.89. The van der Waals surface area contributed by atoms with Crippen LogP contribution in [0.25, 0.3) is 0 Å². The van der Waals surface area contributed by atoms with Crippen LogP contribution in [0.5, 0.6) is 0 Å². The highest BCUT2D eigenvalue weighted by atomic mass is 32.1. The van der Waals surface area contributed by atoms with Gasteiger partial charge in [0.05, 0.1) is 11.6 Å². The Balaban J connectivity index is 1.97. The standard InChI is InChI=1S/C14H21N3O3S/c1-8-9(2)21-14(15-8)17-13(20)16-11-7-5-3-4-6-10(11)12(18)19/h10-11H,3-7H2,1-2H3,(H,18,19)(H2,15,16,17,20). The van der Waals surface area contributed by atoms with Gasteiger partial charge in [-0.2, -0.15) is 0 Å². The first-order chi connectivity index (χ1) is 9.97. The number of urea groups is 1. The topological polar surface area (TPSA) is 91.3 Å². The maximum atomic E-state index is 12.0. The van der Waals surface area contributed by atoms with Gasteiger partial charge in [0.15, 0.2) is 5.13 Å².